The molecule has 0 saturated carbocycles. The SMILES string of the molecule is O=C(OC(c1ccccc1)c1ccccc1)c1csc([N+](=O)[O-])c1. The van der Waals surface area contributed by atoms with Crippen LogP contribution < -0.4 is 0 Å². The van der Waals surface area contributed by atoms with Gasteiger partial charge in [-0.15, -0.1) is 0 Å². The lowest BCUT2D eigenvalue weighted by Gasteiger charge is -2.18. The number of rotatable bonds is 5. The Balaban J connectivity index is 1.89. The van der Waals surface area contributed by atoms with Crippen molar-refractivity contribution in [2.75, 3.05) is 0 Å². The highest BCUT2D eigenvalue weighted by Gasteiger charge is 2.22. The van der Waals surface area contributed by atoms with E-state index in [2.05, 4.69) is 0 Å². The number of nitro groups is 1. The minimum absolute atomic E-state index is 0.0853. The monoisotopic (exact) mass is 339 g/mol. The normalized spacial score (nSPS) is 10.5. The molecule has 5 nitrogen and oxygen atoms in total. The summed E-state index contributed by atoms with van der Waals surface area (Å²) in [5.41, 5.74) is 1.85. The first-order chi connectivity index (χ1) is 11.6. The summed E-state index contributed by atoms with van der Waals surface area (Å²) < 4.78 is 5.65. The maximum absolute atomic E-state index is 12.4. The second-order valence-corrected chi connectivity index (χ2v) is 5.93. The topological polar surface area (TPSA) is 69.4 Å². The minimum Gasteiger partial charge on any atom is -0.449 e. The Morgan fingerprint density at radius 2 is 1.54 bits per heavy atom. The molecule has 0 aliphatic rings. The van der Waals surface area contributed by atoms with E-state index >= 15 is 0 Å². The lowest BCUT2D eigenvalue weighted by molar-refractivity contribution is -0.380. The van der Waals surface area contributed by atoms with Crippen LogP contribution in [-0.4, -0.2) is 10.9 Å². The first kappa shape index (κ1) is 15.9. The molecule has 6 heteroatoms. The van der Waals surface area contributed by atoms with Gasteiger partial charge in [0.25, 0.3) is 0 Å². The maximum Gasteiger partial charge on any atom is 0.340 e. The number of nitrogens with zero attached hydrogens (tertiary/aromatic N) is 1. The fourth-order valence-corrected chi connectivity index (χ4v) is 2.98. The average Bonchev–Trinajstić information content (AvgIpc) is 3.11. The zero-order chi connectivity index (χ0) is 16.9. The Bertz CT molecular complexity index is 806. The predicted molar refractivity (Wildman–Crippen MR) is 91.1 cm³/mol. The van der Waals surface area contributed by atoms with Gasteiger partial charge in [-0.05, 0) is 11.1 Å². The highest BCUT2D eigenvalue weighted by atomic mass is 32.1. The van der Waals surface area contributed by atoms with Crippen LogP contribution in [0.2, 0.25) is 0 Å². The lowest BCUT2D eigenvalue weighted by atomic mass is 10.0. The van der Waals surface area contributed by atoms with Crippen LogP contribution in [-0.2, 0) is 4.74 Å². The van der Waals surface area contributed by atoms with E-state index in [-0.39, 0.29) is 10.6 Å². The van der Waals surface area contributed by atoms with Crippen molar-refractivity contribution in [1.82, 2.24) is 0 Å². The second kappa shape index (κ2) is 7.06. The minimum atomic E-state index is -0.586. The summed E-state index contributed by atoms with van der Waals surface area (Å²) in [4.78, 5) is 22.6. The number of thiophene rings is 1. The van der Waals surface area contributed by atoms with E-state index < -0.39 is 17.0 Å². The van der Waals surface area contributed by atoms with Crippen LogP contribution >= 0.6 is 11.3 Å². The largest absolute Gasteiger partial charge is 0.449 e. The summed E-state index contributed by atoms with van der Waals surface area (Å²) in [6, 6.07) is 20.0. The molecule has 0 aliphatic heterocycles. The molecule has 0 N–H and O–H groups in total. The van der Waals surface area contributed by atoms with Crippen LogP contribution in [0.3, 0.4) is 0 Å². The first-order valence-corrected chi connectivity index (χ1v) is 8.07. The van der Waals surface area contributed by atoms with E-state index in [1.54, 1.807) is 0 Å². The van der Waals surface area contributed by atoms with Crippen molar-refractivity contribution in [2.24, 2.45) is 0 Å². The van der Waals surface area contributed by atoms with Crippen molar-refractivity contribution >= 4 is 22.3 Å². The quantitative estimate of drug-likeness (QED) is 0.387. The molecule has 0 atom stereocenters. The summed E-state index contributed by atoms with van der Waals surface area (Å²) >= 11 is 0.905. The number of carbonyl (C=O) groups is 1. The Hall–Kier alpha value is -2.99. The first-order valence-electron chi connectivity index (χ1n) is 7.19. The van der Waals surface area contributed by atoms with Crippen molar-refractivity contribution < 1.29 is 14.5 Å². The van der Waals surface area contributed by atoms with Crippen molar-refractivity contribution in [2.45, 2.75) is 6.10 Å². The van der Waals surface area contributed by atoms with Crippen LogP contribution in [0.15, 0.2) is 72.1 Å². The van der Waals surface area contributed by atoms with Gasteiger partial charge >= 0.3 is 11.0 Å². The summed E-state index contributed by atoms with van der Waals surface area (Å²) in [5, 5.41) is 12.1. The Labute approximate surface area is 142 Å². The number of hydrogen-bond donors (Lipinski definition) is 0. The predicted octanol–water partition coefficient (Wildman–Crippen LogP) is 4.60. The molecule has 1 heterocycles. The van der Waals surface area contributed by atoms with E-state index in [0.717, 1.165) is 22.5 Å². The number of esters is 1. The maximum atomic E-state index is 12.4. The number of hydrogen-bond acceptors (Lipinski definition) is 5. The molecule has 0 spiro atoms. The molecule has 1 aromatic heterocycles. The Kier molecular flexibility index (Phi) is 4.67. The Morgan fingerprint density at radius 1 is 1.00 bits per heavy atom. The van der Waals surface area contributed by atoms with Gasteiger partial charge in [0.1, 0.15) is 0 Å². The molecular formula is C18H13NO4S. The van der Waals surface area contributed by atoms with Crippen molar-refractivity contribution in [3.05, 3.63) is 98.9 Å². The van der Waals surface area contributed by atoms with Crippen molar-refractivity contribution in [3.63, 3.8) is 0 Å². The molecule has 0 bridgehead atoms. The van der Waals surface area contributed by atoms with Gasteiger partial charge in [0.2, 0.25) is 0 Å². The zero-order valence-electron chi connectivity index (χ0n) is 12.5. The van der Waals surface area contributed by atoms with Gasteiger partial charge in [-0.1, -0.05) is 72.0 Å². The van der Waals surface area contributed by atoms with Crippen LogP contribution in [0, 0.1) is 10.1 Å². The molecule has 0 aliphatic carbocycles. The van der Waals surface area contributed by atoms with Crippen LogP contribution in [0.5, 0.6) is 0 Å². The molecule has 0 unspecified atom stereocenters. The van der Waals surface area contributed by atoms with E-state index in [9.17, 15) is 14.9 Å². The van der Waals surface area contributed by atoms with Gasteiger partial charge in [-0.2, -0.15) is 0 Å². The summed E-state index contributed by atoms with van der Waals surface area (Å²) in [7, 11) is 0. The van der Waals surface area contributed by atoms with Gasteiger partial charge in [-0.25, -0.2) is 4.79 Å². The van der Waals surface area contributed by atoms with E-state index in [0.29, 0.717) is 0 Å². The smallest absolute Gasteiger partial charge is 0.340 e. The highest BCUT2D eigenvalue weighted by molar-refractivity contribution is 7.13. The molecule has 0 fully saturated rings. The van der Waals surface area contributed by atoms with E-state index in [4.69, 9.17) is 4.74 Å². The van der Waals surface area contributed by atoms with Gasteiger partial charge in [0.05, 0.1) is 10.5 Å². The van der Waals surface area contributed by atoms with E-state index in [1.165, 1.54) is 11.4 Å². The molecule has 3 rings (SSSR count). The van der Waals surface area contributed by atoms with Crippen molar-refractivity contribution in [3.8, 4) is 0 Å². The summed E-state index contributed by atoms with van der Waals surface area (Å²) in [5.74, 6) is -0.586. The molecule has 0 radical (unpaired) electrons. The second-order valence-electron chi connectivity index (χ2n) is 5.04. The van der Waals surface area contributed by atoms with Gasteiger partial charge < -0.3 is 4.74 Å². The third-order valence-electron chi connectivity index (χ3n) is 3.43. The summed E-state index contributed by atoms with van der Waals surface area (Å²) in [6.07, 6.45) is -0.571. The highest BCUT2D eigenvalue weighted by Crippen LogP contribution is 2.29. The van der Waals surface area contributed by atoms with E-state index in [1.807, 2.05) is 60.7 Å². The molecule has 0 saturated heterocycles. The van der Waals surface area contributed by atoms with Crippen LogP contribution in [0.1, 0.15) is 27.6 Å². The lowest BCUT2D eigenvalue weighted by Crippen LogP contribution is -2.12. The fourth-order valence-electron chi connectivity index (χ4n) is 2.29. The molecule has 2 aromatic carbocycles. The molecule has 120 valence electrons. The third-order valence-corrected chi connectivity index (χ3v) is 4.31. The van der Waals surface area contributed by atoms with Gasteiger partial charge in [0, 0.05) is 11.4 Å². The standard InChI is InChI=1S/C18H13NO4S/c20-18(15-11-16(19(21)22)24-12-15)23-17(13-7-3-1-4-8-13)14-9-5-2-6-10-14/h1-12,17H. The van der Waals surface area contributed by atoms with Crippen LogP contribution in [0.4, 0.5) is 5.00 Å². The number of ether oxygens (including phenoxy) is 1. The molecular weight excluding hydrogens is 326 g/mol. The molecule has 24 heavy (non-hydrogen) atoms. The van der Waals surface area contributed by atoms with Crippen LogP contribution in [0.25, 0.3) is 0 Å². The summed E-state index contributed by atoms with van der Waals surface area (Å²) in [6.45, 7) is 0. The zero-order valence-corrected chi connectivity index (χ0v) is 13.3. The number of benzene rings is 2. The molecule has 3 aromatic rings. The third kappa shape index (κ3) is 3.49. The van der Waals surface area contributed by atoms with Gasteiger partial charge in [0.15, 0.2) is 6.10 Å². The van der Waals surface area contributed by atoms with Gasteiger partial charge in [-0.3, -0.25) is 10.1 Å². The number of carbonyl (C=O) groups excluding carboxylic acids is 1. The van der Waals surface area contributed by atoms with Crippen molar-refractivity contribution in [1.29, 1.82) is 0 Å². The average molecular weight is 339 g/mol. The fraction of sp³-hybridized carbons (Fsp3) is 0.0556. The molecule has 0 amide bonds. The Morgan fingerprint density at radius 3 is 2.00 bits per heavy atom.